The highest BCUT2D eigenvalue weighted by molar-refractivity contribution is 5.84. The van der Waals surface area contributed by atoms with Crippen LogP contribution >= 0.6 is 0 Å². The number of methoxy groups -OCH3 is 1. The van der Waals surface area contributed by atoms with Crippen LogP contribution in [0.15, 0.2) is 0 Å². The second-order valence-corrected chi connectivity index (χ2v) is 6.01. The topological polar surface area (TPSA) is 55.4 Å². The van der Waals surface area contributed by atoms with Gasteiger partial charge in [-0.05, 0) is 17.8 Å². The molecule has 1 atom stereocenters. The van der Waals surface area contributed by atoms with Crippen molar-refractivity contribution < 1.29 is 14.3 Å². The number of carbonyl (C=O) groups is 2. The number of nitrogens with one attached hydrogen (secondary N) is 1. The summed E-state index contributed by atoms with van der Waals surface area (Å²) in [4.78, 5) is 23.3. The van der Waals surface area contributed by atoms with Crippen molar-refractivity contribution >= 4 is 11.9 Å². The van der Waals surface area contributed by atoms with Crippen LogP contribution in [0.4, 0.5) is 0 Å². The van der Waals surface area contributed by atoms with E-state index < -0.39 is 6.04 Å². The van der Waals surface area contributed by atoms with Crippen molar-refractivity contribution in [2.24, 2.45) is 11.3 Å². The molecule has 0 heterocycles. The zero-order valence-electron chi connectivity index (χ0n) is 11.8. The lowest BCUT2D eigenvalue weighted by Crippen LogP contribution is -2.43. The van der Waals surface area contributed by atoms with Gasteiger partial charge in [0.25, 0.3) is 0 Å². The van der Waals surface area contributed by atoms with E-state index in [1.165, 1.54) is 7.11 Å². The molecule has 17 heavy (non-hydrogen) atoms. The Morgan fingerprint density at radius 3 is 2.12 bits per heavy atom. The summed E-state index contributed by atoms with van der Waals surface area (Å²) < 4.78 is 4.69. The number of amides is 1. The zero-order valence-corrected chi connectivity index (χ0v) is 11.8. The molecule has 0 aliphatic heterocycles. The predicted molar refractivity (Wildman–Crippen MR) is 67.5 cm³/mol. The van der Waals surface area contributed by atoms with E-state index in [9.17, 15) is 9.59 Å². The van der Waals surface area contributed by atoms with Gasteiger partial charge >= 0.3 is 5.97 Å². The molecule has 1 amide bonds. The van der Waals surface area contributed by atoms with E-state index >= 15 is 0 Å². The standard InChI is InChI=1S/C13H25NO3/c1-9(2)7-10(12(16)17-6)14-11(15)8-13(3,4)5/h9-10H,7-8H2,1-6H3,(H,14,15)/t10-/m0/s1. The summed E-state index contributed by atoms with van der Waals surface area (Å²) in [6.07, 6.45) is 1.00. The maximum atomic E-state index is 11.8. The van der Waals surface area contributed by atoms with Crippen molar-refractivity contribution in [1.29, 1.82) is 0 Å². The molecule has 0 aliphatic carbocycles. The SMILES string of the molecule is COC(=O)[C@H](CC(C)C)NC(=O)CC(C)(C)C. The van der Waals surface area contributed by atoms with Gasteiger partial charge in [-0.15, -0.1) is 0 Å². The fourth-order valence-electron chi connectivity index (χ4n) is 1.55. The van der Waals surface area contributed by atoms with E-state index in [4.69, 9.17) is 4.74 Å². The van der Waals surface area contributed by atoms with E-state index in [-0.39, 0.29) is 17.3 Å². The number of rotatable bonds is 5. The first-order chi connectivity index (χ1) is 7.65. The monoisotopic (exact) mass is 243 g/mol. The summed E-state index contributed by atoms with van der Waals surface area (Å²) in [5.74, 6) is -0.149. The number of esters is 1. The van der Waals surface area contributed by atoms with Gasteiger partial charge in [0.2, 0.25) is 5.91 Å². The molecule has 0 aromatic carbocycles. The molecular weight excluding hydrogens is 218 g/mol. The van der Waals surface area contributed by atoms with Crippen LogP contribution in [0, 0.1) is 11.3 Å². The number of ether oxygens (including phenoxy) is 1. The normalized spacial score (nSPS) is 13.4. The first-order valence-electron chi connectivity index (χ1n) is 6.03. The molecule has 0 aromatic heterocycles. The van der Waals surface area contributed by atoms with Crippen molar-refractivity contribution in [3.8, 4) is 0 Å². The van der Waals surface area contributed by atoms with Gasteiger partial charge in [0, 0.05) is 6.42 Å². The minimum absolute atomic E-state index is 0.0808. The van der Waals surface area contributed by atoms with Crippen LogP contribution < -0.4 is 5.32 Å². The van der Waals surface area contributed by atoms with Crippen LogP contribution in [-0.4, -0.2) is 25.0 Å². The zero-order chi connectivity index (χ0) is 13.6. The van der Waals surface area contributed by atoms with Crippen molar-refractivity contribution in [3.05, 3.63) is 0 Å². The van der Waals surface area contributed by atoms with Crippen LogP contribution in [-0.2, 0) is 14.3 Å². The van der Waals surface area contributed by atoms with Crippen LogP contribution in [0.2, 0.25) is 0 Å². The smallest absolute Gasteiger partial charge is 0.328 e. The van der Waals surface area contributed by atoms with E-state index in [0.717, 1.165) is 0 Å². The fourth-order valence-corrected chi connectivity index (χ4v) is 1.55. The van der Waals surface area contributed by atoms with Crippen molar-refractivity contribution in [3.63, 3.8) is 0 Å². The van der Waals surface area contributed by atoms with Gasteiger partial charge in [0.05, 0.1) is 7.11 Å². The first-order valence-corrected chi connectivity index (χ1v) is 6.03. The minimum atomic E-state index is -0.533. The molecular formula is C13H25NO3. The van der Waals surface area contributed by atoms with Crippen LogP contribution in [0.25, 0.3) is 0 Å². The predicted octanol–water partition coefficient (Wildman–Crippen LogP) is 2.13. The third-order valence-corrected chi connectivity index (χ3v) is 2.22. The van der Waals surface area contributed by atoms with Crippen LogP contribution in [0.5, 0.6) is 0 Å². The second kappa shape index (κ2) is 6.62. The molecule has 0 aliphatic rings. The van der Waals surface area contributed by atoms with Crippen molar-refractivity contribution in [2.75, 3.05) is 7.11 Å². The van der Waals surface area contributed by atoms with Crippen LogP contribution in [0.3, 0.4) is 0 Å². The van der Waals surface area contributed by atoms with Gasteiger partial charge in [-0.25, -0.2) is 4.79 Å². The molecule has 0 aromatic rings. The Kier molecular flexibility index (Phi) is 6.21. The summed E-state index contributed by atoms with van der Waals surface area (Å²) in [5.41, 5.74) is -0.0808. The maximum Gasteiger partial charge on any atom is 0.328 e. The molecule has 0 saturated carbocycles. The Hall–Kier alpha value is -1.06. The van der Waals surface area contributed by atoms with Gasteiger partial charge in [-0.2, -0.15) is 0 Å². The lowest BCUT2D eigenvalue weighted by molar-refractivity contribution is -0.145. The quantitative estimate of drug-likeness (QED) is 0.753. The molecule has 0 bridgehead atoms. The third kappa shape index (κ3) is 7.77. The average molecular weight is 243 g/mol. The number of hydrogen-bond donors (Lipinski definition) is 1. The molecule has 0 radical (unpaired) electrons. The Bertz CT molecular complexity index is 266. The molecule has 0 rings (SSSR count). The summed E-state index contributed by atoms with van der Waals surface area (Å²) in [7, 11) is 1.34. The Labute approximate surface area is 104 Å². The van der Waals surface area contributed by atoms with E-state index in [1.807, 2.05) is 34.6 Å². The van der Waals surface area contributed by atoms with Crippen molar-refractivity contribution in [1.82, 2.24) is 5.32 Å². The molecule has 1 N–H and O–H groups in total. The lowest BCUT2D eigenvalue weighted by Gasteiger charge is -2.22. The Morgan fingerprint density at radius 1 is 1.24 bits per heavy atom. The molecule has 0 fully saturated rings. The van der Waals surface area contributed by atoms with E-state index in [0.29, 0.717) is 18.8 Å². The van der Waals surface area contributed by atoms with E-state index in [2.05, 4.69) is 5.32 Å². The highest BCUT2D eigenvalue weighted by Crippen LogP contribution is 2.18. The molecule has 0 saturated heterocycles. The summed E-state index contributed by atoms with van der Waals surface area (Å²) in [6, 6.07) is -0.533. The van der Waals surface area contributed by atoms with Gasteiger partial charge in [-0.3, -0.25) is 4.79 Å². The van der Waals surface area contributed by atoms with Gasteiger partial charge in [0.1, 0.15) is 6.04 Å². The molecule has 100 valence electrons. The first kappa shape index (κ1) is 15.9. The largest absolute Gasteiger partial charge is 0.467 e. The summed E-state index contributed by atoms with van der Waals surface area (Å²) in [5, 5.41) is 2.74. The maximum absolute atomic E-state index is 11.8. The number of hydrogen-bond acceptors (Lipinski definition) is 3. The molecule has 4 nitrogen and oxygen atoms in total. The summed E-state index contributed by atoms with van der Waals surface area (Å²) >= 11 is 0. The minimum Gasteiger partial charge on any atom is -0.467 e. The second-order valence-electron chi connectivity index (χ2n) is 6.01. The van der Waals surface area contributed by atoms with Gasteiger partial charge < -0.3 is 10.1 Å². The molecule has 0 spiro atoms. The average Bonchev–Trinajstić information content (AvgIpc) is 2.11. The van der Waals surface area contributed by atoms with Crippen LogP contribution in [0.1, 0.15) is 47.5 Å². The van der Waals surface area contributed by atoms with Gasteiger partial charge in [0.15, 0.2) is 0 Å². The highest BCUT2D eigenvalue weighted by Gasteiger charge is 2.24. The number of carbonyl (C=O) groups excluding carboxylic acids is 2. The van der Waals surface area contributed by atoms with E-state index in [1.54, 1.807) is 0 Å². The Morgan fingerprint density at radius 2 is 1.76 bits per heavy atom. The summed E-state index contributed by atoms with van der Waals surface area (Å²) in [6.45, 7) is 9.98. The van der Waals surface area contributed by atoms with Crippen molar-refractivity contribution in [2.45, 2.75) is 53.5 Å². The highest BCUT2D eigenvalue weighted by atomic mass is 16.5. The third-order valence-electron chi connectivity index (χ3n) is 2.22. The molecule has 4 heteroatoms. The Balaban J connectivity index is 4.43. The lowest BCUT2D eigenvalue weighted by atomic mass is 9.91. The van der Waals surface area contributed by atoms with Gasteiger partial charge in [-0.1, -0.05) is 34.6 Å². The molecule has 0 unspecified atom stereocenters. The fraction of sp³-hybridized carbons (Fsp3) is 0.846.